The summed E-state index contributed by atoms with van der Waals surface area (Å²) in [6.45, 7) is 7.13. The molecule has 1 fully saturated rings. The van der Waals surface area contributed by atoms with Crippen LogP contribution in [0.2, 0.25) is 0 Å². The summed E-state index contributed by atoms with van der Waals surface area (Å²) in [5, 5.41) is 0. The maximum Gasteiger partial charge on any atom is 0.127 e. The lowest BCUT2D eigenvalue weighted by atomic mass is 9.93. The summed E-state index contributed by atoms with van der Waals surface area (Å²) >= 11 is 0. The van der Waals surface area contributed by atoms with Crippen molar-refractivity contribution in [3.63, 3.8) is 0 Å². The molecule has 19 heavy (non-hydrogen) atoms. The molecule has 4 heteroatoms. The van der Waals surface area contributed by atoms with Crippen molar-refractivity contribution in [3.8, 4) is 5.75 Å². The molecule has 0 spiro atoms. The number of nitrogens with two attached hydrogens (primary N) is 1. The number of para-hydroxylation sites is 1. The predicted octanol–water partition coefficient (Wildman–Crippen LogP) is 1.00. The Morgan fingerprint density at radius 2 is 1.95 bits per heavy atom. The molecule has 104 valence electrons. The Balaban J connectivity index is 1.91. The second-order valence-corrected chi connectivity index (χ2v) is 5.75. The first-order valence-corrected chi connectivity index (χ1v) is 7.07. The van der Waals surface area contributed by atoms with Gasteiger partial charge in [-0.2, -0.15) is 0 Å². The molecule has 1 aromatic rings. The number of piperazine rings is 1. The molecule has 4 nitrogen and oxygen atoms in total. The number of rotatable bonds is 1. The van der Waals surface area contributed by atoms with Crippen LogP contribution in [0.25, 0.3) is 0 Å². The minimum atomic E-state index is 0.0673. The van der Waals surface area contributed by atoms with Crippen molar-refractivity contribution in [3.05, 3.63) is 29.3 Å². The van der Waals surface area contributed by atoms with E-state index in [-0.39, 0.29) is 6.04 Å². The highest BCUT2D eigenvalue weighted by Gasteiger charge is 2.34. The zero-order chi connectivity index (χ0) is 13.4. The molecule has 1 saturated heterocycles. The fourth-order valence-electron chi connectivity index (χ4n) is 3.17. The molecule has 0 saturated carbocycles. The second kappa shape index (κ2) is 5.12. The molecule has 2 N–H and O–H groups in total. The molecular weight excluding hydrogens is 238 g/mol. The van der Waals surface area contributed by atoms with Crippen LogP contribution in [0.3, 0.4) is 0 Å². The minimum Gasteiger partial charge on any atom is -0.491 e. The summed E-state index contributed by atoms with van der Waals surface area (Å²) in [4.78, 5) is 4.89. The summed E-state index contributed by atoms with van der Waals surface area (Å²) in [6, 6.07) is 6.76. The lowest BCUT2D eigenvalue weighted by molar-refractivity contribution is 0.0721. The highest BCUT2D eigenvalue weighted by atomic mass is 16.5. The van der Waals surface area contributed by atoms with E-state index in [1.165, 1.54) is 11.1 Å². The normalized spacial score (nSPS) is 28.8. The van der Waals surface area contributed by atoms with Gasteiger partial charge in [0.25, 0.3) is 0 Å². The monoisotopic (exact) mass is 261 g/mol. The van der Waals surface area contributed by atoms with Crippen molar-refractivity contribution in [2.45, 2.75) is 19.0 Å². The molecule has 2 heterocycles. The van der Waals surface area contributed by atoms with Gasteiger partial charge in [0.1, 0.15) is 12.4 Å². The number of benzene rings is 1. The van der Waals surface area contributed by atoms with Crippen molar-refractivity contribution >= 4 is 0 Å². The topological polar surface area (TPSA) is 41.7 Å². The smallest absolute Gasteiger partial charge is 0.127 e. The van der Waals surface area contributed by atoms with Crippen LogP contribution in [0.1, 0.15) is 17.2 Å². The number of fused-ring (bicyclic) bond motifs is 1. The molecule has 2 aliphatic rings. The number of hydrogen-bond donors (Lipinski definition) is 1. The Morgan fingerprint density at radius 3 is 2.68 bits per heavy atom. The van der Waals surface area contributed by atoms with Gasteiger partial charge >= 0.3 is 0 Å². The molecule has 2 atom stereocenters. The van der Waals surface area contributed by atoms with Gasteiger partial charge in [0.15, 0.2) is 0 Å². The van der Waals surface area contributed by atoms with Crippen molar-refractivity contribution in [1.82, 2.24) is 9.80 Å². The molecule has 2 aliphatic heterocycles. The third-order valence-corrected chi connectivity index (χ3v) is 4.32. The molecule has 3 rings (SSSR count). The van der Waals surface area contributed by atoms with E-state index in [9.17, 15) is 0 Å². The van der Waals surface area contributed by atoms with Gasteiger partial charge in [0.2, 0.25) is 0 Å². The van der Waals surface area contributed by atoms with E-state index in [2.05, 4.69) is 42.0 Å². The molecule has 0 radical (unpaired) electrons. The van der Waals surface area contributed by atoms with Gasteiger partial charge in [-0.3, -0.25) is 4.90 Å². The fraction of sp³-hybridized carbons (Fsp3) is 0.600. The number of aryl methyl sites for hydroxylation is 1. The molecule has 1 aromatic carbocycles. The van der Waals surface area contributed by atoms with Gasteiger partial charge in [0.05, 0.1) is 12.1 Å². The predicted molar refractivity (Wildman–Crippen MR) is 76.5 cm³/mol. The van der Waals surface area contributed by atoms with Crippen molar-refractivity contribution in [1.29, 1.82) is 0 Å². The summed E-state index contributed by atoms with van der Waals surface area (Å²) in [5.41, 5.74) is 8.81. The highest BCUT2D eigenvalue weighted by molar-refractivity contribution is 5.44. The summed E-state index contributed by atoms with van der Waals surface area (Å²) in [6.07, 6.45) is 0. The van der Waals surface area contributed by atoms with Gasteiger partial charge in [0, 0.05) is 31.7 Å². The van der Waals surface area contributed by atoms with Gasteiger partial charge in [-0.25, -0.2) is 0 Å². The molecule has 0 amide bonds. The van der Waals surface area contributed by atoms with E-state index in [1.807, 2.05) is 0 Å². The van der Waals surface area contributed by atoms with Crippen LogP contribution < -0.4 is 10.5 Å². The largest absolute Gasteiger partial charge is 0.491 e. The molecule has 2 unspecified atom stereocenters. The van der Waals surface area contributed by atoms with Gasteiger partial charge < -0.3 is 15.4 Å². The molecule has 0 aromatic heterocycles. The highest BCUT2D eigenvalue weighted by Crippen LogP contribution is 2.37. The van der Waals surface area contributed by atoms with Crippen LogP contribution in [0, 0.1) is 6.92 Å². The van der Waals surface area contributed by atoms with E-state index >= 15 is 0 Å². The molecular formula is C15H23N3O. The minimum absolute atomic E-state index is 0.0673. The first-order chi connectivity index (χ1) is 9.16. The van der Waals surface area contributed by atoms with Crippen LogP contribution in [-0.2, 0) is 0 Å². The Labute approximate surface area is 115 Å². The zero-order valence-corrected chi connectivity index (χ0v) is 11.8. The Kier molecular flexibility index (Phi) is 3.48. The average Bonchev–Trinajstić information content (AvgIpc) is 2.40. The maximum absolute atomic E-state index is 6.33. The van der Waals surface area contributed by atoms with Crippen molar-refractivity contribution in [2.75, 3.05) is 39.8 Å². The van der Waals surface area contributed by atoms with Crippen molar-refractivity contribution < 1.29 is 4.74 Å². The van der Waals surface area contributed by atoms with E-state index in [4.69, 9.17) is 10.5 Å². The van der Waals surface area contributed by atoms with Crippen LogP contribution in [-0.4, -0.2) is 55.7 Å². The number of nitrogens with zero attached hydrogens (tertiary/aromatic N) is 2. The van der Waals surface area contributed by atoms with E-state index in [0.29, 0.717) is 12.6 Å². The number of hydrogen-bond acceptors (Lipinski definition) is 4. The van der Waals surface area contributed by atoms with Crippen LogP contribution >= 0.6 is 0 Å². The molecule has 0 bridgehead atoms. The quantitative estimate of drug-likeness (QED) is 0.819. The second-order valence-electron chi connectivity index (χ2n) is 5.75. The van der Waals surface area contributed by atoms with E-state index in [1.54, 1.807) is 0 Å². The summed E-state index contributed by atoms with van der Waals surface area (Å²) in [7, 11) is 2.18. The van der Waals surface area contributed by atoms with Gasteiger partial charge in [-0.1, -0.05) is 18.2 Å². The third kappa shape index (κ3) is 2.36. The fourth-order valence-corrected chi connectivity index (χ4v) is 3.17. The molecule has 0 aliphatic carbocycles. The number of likely N-dealkylation sites (N-methyl/N-ethyl adjacent to an activating group) is 1. The lowest BCUT2D eigenvalue weighted by Gasteiger charge is -2.43. The first kappa shape index (κ1) is 12.9. The number of ether oxygens (including phenoxy) is 1. The van der Waals surface area contributed by atoms with Crippen LogP contribution in [0.15, 0.2) is 18.2 Å². The standard InChI is InChI=1S/C15H23N3O/c1-11-4-3-5-12-14(13(16)10-19-15(11)12)18-8-6-17(2)7-9-18/h3-5,13-14H,6-10,16H2,1-2H3. The van der Waals surface area contributed by atoms with Crippen LogP contribution in [0.4, 0.5) is 0 Å². The summed E-state index contributed by atoms with van der Waals surface area (Å²) < 4.78 is 5.85. The van der Waals surface area contributed by atoms with Crippen molar-refractivity contribution in [2.24, 2.45) is 5.73 Å². The van der Waals surface area contributed by atoms with Gasteiger partial charge in [-0.05, 0) is 19.5 Å². The van der Waals surface area contributed by atoms with E-state index < -0.39 is 0 Å². The Morgan fingerprint density at radius 1 is 1.21 bits per heavy atom. The lowest BCUT2D eigenvalue weighted by Crippen LogP contribution is -2.53. The van der Waals surface area contributed by atoms with Crippen LogP contribution in [0.5, 0.6) is 5.75 Å². The summed E-state index contributed by atoms with van der Waals surface area (Å²) in [5.74, 6) is 1.05. The third-order valence-electron chi connectivity index (χ3n) is 4.32. The average molecular weight is 261 g/mol. The maximum atomic E-state index is 6.33. The Hall–Kier alpha value is -1.10. The first-order valence-electron chi connectivity index (χ1n) is 7.07. The SMILES string of the molecule is Cc1cccc2c1OCC(N)C2N1CCN(C)CC1. The zero-order valence-electron chi connectivity index (χ0n) is 11.8. The van der Waals surface area contributed by atoms with Gasteiger partial charge in [-0.15, -0.1) is 0 Å². The Bertz CT molecular complexity index is 455. The van der Waals surface area contributed by atoms with E-state index in [0.717, 1.165) is 31.9 Å².